The smallest absolute Gasteiger partial charge is 0.368 e. The lowest BCUT2D eigenvalue weighted by atomic mass is 10.1. The summed E-state index contributed by atoms with van der Waals surface area (Å²) in [5.41, 5.74) is 4.56. The Hall–Kier alpha value is -2.34. The number of thioether (sulfide) groups is 1. The number of carboxylic acids is 2. The molecule has 0 radical (unpaired) electrons. The van der Waals surface area contributed by atoms with Gasteiger partial charge in [0.25, 0.3) is 0 Å². The normalized spacial score (nSPS) is 13.0. The van der Waals surface area contributed by atoms with Gasteiger partial charge in [-0.2, -0.15) is 0 Å². The number of hydrogen-bond acceptors (Lipinski definition) is 9. The predicted octanol–water partition coefficient (Wildman–Crippen LogP) is 0.787. The summed E-state index contributed by atoms with van der Waals surface area (Å²) in [6.07, 6.45) is -1.85. The summed E-state index contributed by atoms with van der Waals surface area (Å²) in [6, 6.07) is 3.77. The topological polar surface area (TPSA) is 173 Å². The van der Waals surface area contributed by atoms with Crippen molar-refractivity contribution < 1.29 is 34.5 Å². The molecular formula is C12H13N2O8S-. The average Bonchev–Trinajstić information content (AvgIpc) is 2.49. The van der Waals surface area contributed by atoms with Crippen molar-refractivity contribution in [3.8, 4) is 0 Å². The SMILES string of the molecule is N[C@@H](CSC(=O)OC(C(=O)O)c1ccccc1N([O-])O)C(=O)O. The van der Waals surface area contributed by atoms with E-state index in [1.165, 1.54) is 18.2 Å². The van der Waals surface area contributed by atoms with E-state index >= 15 is 0 Å². The van der Waals surface area contributed by atoms with Crippen LogP contribution >= 0.6 is 11.8 Å². The fraction of sp³-hybridized carbons (Fsp3) is 0.250. The number of carboxylic acid groups (broad SMARTS) is 2. The molecule has 1 unspecified atom stereocenters. The molecule has 0 fully saturated rings. The Kier molecular flexibility index (Phi) is 6.78. The molecule has 1 aromatic rings. The van der Waals surface area contributed by atoms with Crippen LogP contribution in [0, 0.1) is 5.21 Å². The number of benzene rings is 1. The summed E-state index contributed by atoms with van der Waals surface area (Å²) in [6.45, 7) is 0. The third-order valence-electron chi connectivity index (χ3n) is 2.56. The Morgan fingerprint density at radius 3 is 2.39 bits per heavy atom. The van der Waals surface area contributed by atoms with Crippen molar-refractivity contribution in [1.82, 2.24) is 0 Å². The number of ether oxygens (including phenoxy) is 1. The highest BCUT2D eigenvalue weighted by atomic mass is 32.2. The van der Waals surface area contributed by atoms with Crippen LogP contribution in [-0.2, 0) is 14.3 Å². The van der Waals surface area contributed by atoms with E-state index in [1.54, 1.807) is 0 Å². The molecule has 5 N–H and O–H groups in total. The van der Waals surface area contributed by atoms with Crippen LogP contribution in [0.15, 0.2) is 24.3 Å². The van der Waals surface area contributed by atoms with Gasteiger partial charge in [0.1, 0.15) is 6.04 Å². The van der Waals surface area contributed by atoms with E-state index in [2.05, 4.69) is 0 Å². The van der Waals surface area contributed by atoms with Gasteiger partial charge in [-0.05, 0) is 17.8 Å². The first-order chi connectivity index (χ1) is 10.7. The van der Waals surface area contributed by atoms with Gasteiger partial charge in [-0.15, -0.1) is 0 Å². The van der Waals surface area contributed by atoms with Gasteiger partial charge in [0.05, 0.1) is 5.69 Å². The molecule has 0 heterocycles. The lowest BCUT2D eigenvalue weighted by Gasteiger charge is -2.26. The molecule has 0 saturated heterocycles. The predicted molar refractivity (Wildman–Crippen MR) is 79.0 cm³/mol. The lowest BCUT2D eigenvalue weighted by Crippen LogP contribution is -2.33. The summed E-state index contributed by atoms with van der Waals surface area (Å²) in [4.78, 5) is 33.4. The second kappa shape index (κ2) is 8.33. The molecule has 10 nitrogen and oxygen atoms in total. The highest BCUT2D eigenvalue weighted by Gasteiger charge is 2.28. The number of carbonyl (C=O) groups excluding carboxylic acids is 1. The summed E-state index contributed by atoms with van der Waals surface area (Å²) in [7, 11) is 0. The lowest BCUT2D eigenvalue weighted by molar-refractivity contribution is -0.146. The number of hydrogen-bond donors (Lipinski definition) is 4. The number of nitrogens with two attached hydrogens (primary N) is 1. The molecule has 0 aliphatic carbocycles. The molecule has 0 bridgehead atoms. The van der Waals surface area contributed by atoms with Crippen LogP contribution in [0.4, 0.5) is 10.5 Å². The van der Waals surface area contributed by atoms with Crippen LogP contribution in [0.5, 0.6) is 0 Å². The molecule has 126 valence electrons. The van der Waals surface area contributed by atoms with Crippen molar-refractivity contribution >= 4 is 34.7 Å². The zero-order valence-corrected chi connectivity index (χ0v) is 12.3. The molecule has 2 atom stereocenters. The van der Waals surface area contributed by atoms with E-state index in [0.717, 1.165) is 6.07 Å². The van der Waals surface area contributed by atoms with E-state index in [9.17, 15) is 19.6 Å². The van der Waals surface area contributed by atoms with Gasteiger partial charge >= 0.3 is 17.2 Å². The second-order valence-corrected chi connectivity index (χ2v) is 5.13. The zero-order chi connectivity index (χ0) is 17.6. The Bertz CT molecular complexity index is 594. The molecular weight excluding hydrogens is 332 g/mol. The molecule has 0 aliphatic heterocycles. The maximum atomic E-state index is 11.6. The van der Waals surface area contributed by atoms with Gasteiger partial charge in [-0.25, -0.2) is 9.59 Å². The van der Waals surface area contributed by atoms with Crippen molar-refractivity contribution in [2.24, 2.45) is 5.73 Å². The first-order valence-electron chi connectivity index (χ1n) is 6.03. The number of rotatable bonds is 7. The summed E-state index contributed by atoms with van der Waals surface area (Å²) in [5.74, 6) is -3.22. The zero-order valence-electron chi connectivity index (χ0n) is 11.5. The Morgan fingerprint density at radius 1 is 1.26 bits per heavy atom. The van der Waals surface area contributed by atoms with Crippen molar-refractivity contribution in [3.63, 3.8) is 0 Å². The Balaban J connectivity index is 2.87. The second-order valence-electron chi connectivity index (χ2n) is 4.17. The summed E-state index contributed by atoms with van der Waals surface area (Å²) < 4.78 is 4.72. The van der Waals surface area contributed by atoms with Gasteiger partial charge in [-0.1, -0.05) is 18.2 Å². The van der Waals surface area contributed by atoms with Crippen LogP contribution in [0.2, 0.25) is 0 Å². The van der Waals surface area contributed by atoms with Gasteiger partial charge in [0.15, 0.2) is 0 Å². The number of para-hydroxylation sites is 1. The van der Waals surface area contributed by atoms with Crippen molar-refractivity contribution in [3.05, 3.63) is 35.0 Å². The van der Waals surface area contributed by atoms with E-state index in [0.29, 0.717) is 11.8 Å². The standard InChI is InChI=1S/C12H13N2O8S/c13-7(10(15)16)5-23-12(19)22-9(11(17)18)6-3-1-2-4-8(6)14(20)21/h1-4,7,9,20H,5,13H2,(H,15,16)(H,17,18)/q-1/t7-,9?/m0/s1. The first-order valence-corrected chi connectivity index (χ1v) is 7.02. The minimum Gasteiger partial charge on any atom is -0.733 e. The highest BCUT2D eigenvalue weighted by Crippen LogP contribution is 2.29. The molecule has 0 saturated carbocycles. The minimum atomic E-state index is -1.85. The Morgan fingerprint density at radius 2 is 1.87 bits per heavy atom. The number of aliphatic carboxylic acids is 2. The van der Waals surface area contributed by atoms with Gasteiger partial charge < -0.3 is 31.1 Å². The number of anilines is 1. The average molecular weight is 345 g/mol. The maximum Gasteiger partial charge on any atom is 0.368 e. The molecule has 1 aromatic carbocycles. The Labute approximate surface area is 134 Å². The third-order valence-corrected chi connectivity index (χ3v) is 3.42. The van der Waals surface area contributed by atoms with Crippen LogP contribution in [-0.4, -0.2) is 44.5 Å². The quantitative estimate of drug-likeness (QED) is 0.406. The molecule has 0 aromatic heterocycles. The summed E-state index contributed by atoms with van der Waals surface area (Å²) in [5, 5.41) is 36.1. The van der Waals surface area contributed by atoms with Crippen molar-refractivity contribution in [1.29, 1.82) is 0 Å². The largest absolute Gasteiger partial charge is 0.733 e. The van der Waals surface area contributed by atoms with E-state index in [1.807, 2.05) is 0 Å². The van der Waals surface area contributed by atoms with Crippen LogP contribution in [0.3, 0.4) is 0 Å². The van der Waals surface area contributed by atoms with Gasteiger partial charge in [0.2, 0.25) is 6.10 Å². The highest BCUT2D eigenvalue weighted by molar-refractivity contribution is 8.13. The van der Waals surface area contributed by atoms with E-state index in [4.69, 9.17) is 25.9 Å². The third kappa shape index (κ3) is 5.41. The van der Waals surface area contributed by atoms with Gasteiger partial charge in [-0.3, -0.25) is 10.0 Å². The molecule has 0 spiro atoms. The fourth-order valence-electron chi connectivity index (χ4n) is 1.49. The molecule has 0 amide bonds. The molecule has 11 heteroatoms. The van der Waals surface area contributed by atoms with Crippen LogP contribution < -0.4 is 11.0 Å². The molecule has 1 rings (SSSR count). The number of carbonyl (C=O) groups is 3. The molecule has 23 heavy (non-hydrogen) atoms. The maximum absolute atomic E-state index is 11.6. The van der Waals surface area contributed by atoms with Crippen molar-refractivity contribution in [2.45, 2.75) is 12.1 Å². The number of nitrogens with zero attached hydrogens (tertiary/aromatic N) is 1. The van der Waals surface area contributed by atoms with E-state index in [-0.39, 0.29) is 11.3 Å². The monoisotopic (exact) mass is 345 g/mol. The van der Waals surface area contributed by atoms with Crippen LogP contribution in [0.25, 0.3) is 0 Å². The fourth-order valence-corrected chi connectivity index (χ4v) is 2.11. The van der Waals surface area contributed by atoms with E-state index < -0.39 is 40.3 Å². The van der Waals surface area contributed by atoms with Crippen molar-refractivity contribution in [2.75, 3.05) is 11.0 Å². The van der Waals surface area contributed by atoms with Crippen LogP contribution in [0.1, 0.15) is 11.7 Å². The summed E-state index contributed by atoms with van der Waals surface area (Å²) >= 11 is 0.383. The molecule has 0 aliphatic rings. The minimum absolute atomic E-state index is 0.242. The van der Waals surface area contributed by atoms with Gasteiger partial charge in [0, 0.05) is 11.3 Å². The first kappa shape index (κ1) is 18.7.